The largest absolute Gasteiger partial charge is 0.315 e. The van der Waals surface area contributed by atoms with Crippen molar-refractivity contribution in [3.8, 4) is 39.7 Å². The molecule has 5 heterocycles. The van der Waals surface area contributed by atoms with Gasteiger partial charge < -0.3 is 9.13 Å². The summed E-state index contributed by atoms with van der Waals surface area (Å²) in [6.07, 6.45) is 0. The Bertz CT molecular complexity index is 4590. The number of hydrogen-bond acceptors (Lipinski definition) is 4. The summed E-state index contributed by atoms with van der Waals surface area (Å²) in [7, 11) is 0. The van der Waals surface area contributed by atoms with Crippen LogP contribution in [-0.4, -0.2) is 9.13 Å². The summed E-state index contributed by atoms with van der Waals surface area (Å²) < 4.78 is 11.8. The maximum atomic E-state index is 12.3. The molecule has 0 N–H and O–H groups in total. The molecule has 0 fully saturated rings. The van der Waals surface area contributed by atoms with Crippen molar-refractivity contribution in [2.24, 2.45) is 0 Å². The molecular weight excluding hydrogens is 897 g/mol. The SMILES string of the molecule is [C-]#[N+]c1c(-c2ccccc2)c(-n2c3ccccc3c3ccc4sc5ccccc5c4c32)c(-c2ccccc2)c(C#N)c1-n1c2c(ccc3c4ccccc4sc32)c2ccc3c4ccccc4sc3c21. The molecule has 0 saturated heterocycles. The van der Waals surface area contributed by atoms with Gasteiger partial charge in [0.25, 0.3) is 0 Å². The van der Waals surface area contributed by atoms with Crippen LogP contribution in [0.2, 0.25) is 0 Å². The van der Waals surface area contributed by atoms with Crippen molar-refractivity contribution in [2.75, 3.05) is 0 Å². The van der Waals surface area contributed by atoms with E-state index in [9.17, 15) is 11.8 Å². The fraction of sp³-hybridized carbons (Fsp3) is 0. The van der Waals surface area contributed by atoms with E-state index in [1.54, 1.807) is 34.0 Å². The molecule has 0 atom stereocenters. The van der Waals surface area contributed by atoms with E-state index in [-0.39, 0.29) is 0 Å². The van der Waals surface area contributed by atoms with Crippen LogP contribution in [0.25, 0.3) is 143 Å². The zero-order valence-electron chi connectivity index (χ0n) is 36.5. The van der Waals surface area contributed by atoms with Crippen LogP contribution in [0.5, 0.6) is 0 Å². The van der Waals surface area contributed by atoms with E-state index < -0.39 is 0 Å². The molecule has 0 aliphatic heterocycles. The Morgan fingerprint density at radius 2 is 0.870 bits per heavy atom. The van der Waals surface area contributed by atoms with E-state index in [2.05, 4.69) is 197 Å². The minimum absolute atomic E-state index is 0.427. The van der Waals surface area contributed by atoms with Crippen LogP contribution in [-0.2, 0) is 0 Å². The number of thiophene rings is 3. The Kier molecular flexibility index (Phi) is 8.08. The molecule has 69 heavy (non-hydrogen) atoms. The molecule has 0 saturated carbocycles. The first-order valence-electron chi connectivity index (χ1n) is 22.9. The third-order valence-electron chi connectivity index (χ3n) is 14.2. The summed E-state index contributed by atoms with van der Waals surface area (Å²) in [5.41, 5.74) is 9.70. The van der Waals surface area contributed by atoms with Crippen molar-refractivity contribution >= 4 is 144 Å². The second-order valence-corrected chi connectivity index (χ2v) is 20.8. The van der Waals surface area contributed by atoms with E-state index in [1.807, 2.05) is 12.1 Å². The Hall–Kier alpha value is -8.56. The second kappa shape index (κ2) is 14.5. The van der Waals surface area contributed by atoms with Crippen LogP contribution < -0.4 is 0 Å². The highest BCUT2D eigenvalue weighted by molar-refractivity contribution is 7.27. The molecule has 0 unspecified atom stereocenters. The molecular formula is C62H32N4S3. The number of fused-ring (bicyclic) bond motifs is 18. The first kappa shape index (κ1) is 38.5. The Morgan fingerprint density at radius 3 is 1.46 bits per heavy atom. The van der Waals surface area contributed by atoms with Gasteiger partial charge in [0.05, 0.1) is 55.0 Å². The fourth-order valence-electron chi connectivity index (χ4n) is 11.4. The normalized spacial score (nSPS) is 12.0. The second-order valence-electron chi connectivity index (χ2n) is 17.6. The van der Waals surface area contributed by atoms with E-state index in [0.717, 1.165) is 97.1 Å². The molecule has 0 radical (unpaired) electrons. The highest BCUT2D eigenvalue weighted by Crippen LogP contribution is 2.55. The Morgan fingerprint density at radius 1 is 0.391 bits per heavy atom. The van der Waals surface area contributed by atoms with Gasteiger partial charge in [0.2, 0.25) is 5.69 Å². The molecule has 7 heteroatoms. The quantitative estimate of drug-likeness (QED) is 0.162. The van der Waals surface area contributed by atoms with Crippen LogP contribution in [0.15, 0.2) is 194 Å². The number of para-hydroxylation sites is 1. The van der Waals surface area contributed by atoms with Gasteiger partial charge in [0.15, 0.2) is 0 Å². The van der Waals surface area contributed by atoms with Crippen LogP contribution >= 0.6 is 34.0 Å². The predicted molar refractivity (Wildman–Crippen MR) is 296 cm³/mol. The molecule has 10 aromatic carbocycles. The lowest BCUT2D eigenvalue weighted by atomic mass is 9.88. The molecule has 15 aromatic rings. The first-order chi connectivity index (χ1) is 34.2. The smallest absolute Gasteiger partial charge is 0.221 e. The Labute approximate surface area is 406 Å². The van der Waals surface area contributed by atoms with Crippen molar-refractivity contribution in [3.63, 3.8) is 0 Å². The zero-order chi connectivity index (χ0) is 45.5. The lowest BCUT2D eigenvalue weighted by Gasteiger charge is -2.26. The minimum Gasteiger partial charge on any atom is -0.315 e. The summed E-state index contributed by atoms with van der Waals surface area (Å²) in [4.78, 5) is 4.71. The van der Waals surface area contributed by atoms with E-state index >= 15 is 0 Å². The van der Waals surface area contributed by atoms with Gasteiger partial charge in [-0.2, -0.15) is 5.26 Å². The van der Waals surface area contributed by atoms with Gasteiger partial charge in [-0.1, -0.05) is 164 Å². The van der Waals surface area contributed by atoms with Crippen LogP contribution in [0.4, 0.5) is 5.69 Å². The highest BCUT2D eigenvalue weighted by atomic mass is 32.1. The lowest BCUT2D eigenvalue weighted by Crippen LogP contribution is -2.08. The van der Waals surface area contributed by atoms with Crippen molar-refractivity contribution in [1.29, 1.82) is 5.26 Å². The molecule has 0 bridgehead atoms. The fourth-order valence-corrected chi connectivity index (χ4v) is 15.0. The molecule has 0 amide bonds. The molecule has 0 aliphatic carbocycles. The van der Waals surface area contributed by atoms with Gasteiger partial charge in [-0.3, -0.25) is 0 Å². The first-order valence-corrected chi connectivity index (χ1v) is 25.3. The number of aromatic nitrogens is 2. The van der Waals surface area contributed by atoms with E-state index in [1.165, 1.54) is 35.0 Å². The monoisotopic (exact) mass is 928 g/mol. The van der Waals surface area contributed by atoms with Gasteiger partial charge in [-0.05, 0) is 41.5 Å². The maximum Gasteiger partial charge on any atom is 0.221 e. The molecule has 318 valence electrons. The maximum absolute atomic E-state index is 12.3. The molecule has 0 spiro atoms. The number of benzene rings is 10. The summed E-state index contributed by atoms with van der Waals surface area (Å²) in [5, 5.41) is 23.7. The highest BCUT2D eigenvalue weighted by Gasteiger charge is 2.33. The van der Waals surface area contributed by atoms with Crippen LogP contribution in [0, 0.1) is 17.9 Å². The third-order valence-corrected chi connectivity index (χ3v) is 17.7. The van der Waals surface area contributed by atoms with Gasteiger partial charge >= 0.3 is 0 Å². The number of rotatable bonds is 4. The summed E-state index contributed by atoms with van der Waals surface area (Å²) >= 11 is 5.36. The number of hydrogen-bond donors (Lipinski definition) is 0. The standard InChI is InChI=1S/C62H32N4S3/c1-64-55-53(36-18-6-3-7-19-36)60(65-47-24-12-8-20-37(47)40-32-33-51-54(56(40)65)45-23-11-15-27-50(45)67-51)52(35-16-4-2-5-17-35)46(34-63)57(55)66-58-41(28-30-43-38-21-9-13-25-48(38)68-61(43)58)42-29-31-44-39-22-10-14-26-49(39)69-62(44)59(42)66/h2-33H. The molecule has 0 aliphatic rings. The van der Waals surface area contributed by atoms with E-state index in [4.69, 9.17) is 4.85 Å². The average molecular weight is 929 g/mol. The van der Waals surface area contributed by atoms with Crippen molar-refractivity contribution in [3.05, 3.63) is 211 Å². The van der Waals surface area contributed by atoms with Crippen LogP contribution in [0.3, 0.4) is 0 Å². The summed E-state index contributed by atoms with van der Waals surface area (Å²) in [6, 6.07) is 71.8. The summed E-state index contributed by atoms with van der Waals surface area (Å²) in [5.74, 6) is 0. The van der Waals surface area contributed by atoms with Crippen molar-refractivity contribution < 1.29 is 0 Å². The van der Waals surface area contributed by atoms with E-state index in [0.29, 0.717) is 16.9 Å². The van der Waals surface area contributed by atoms with Gasteiger partial charge in [-0.25, -0.2) is 4.85 Å². The summed E-state index contributed by atoms with van der Waals surface area (Å²) in [6.45, 7) is 9.60. The predicted octanol–water partition coefficient (Wildman–Crippen LogP) is 18.7. The lowest BCUT2D eigenvalue weighted by molar-refractivity contribution is 1.15. The average Bonchev–Trinajstić information content (AvgIpc) is 4.22. The van der Waals surface area contributed by atoms with Crippen molar-refractivity contribution in [2.45, 2.75) is 0 Å². The number of nitrogens with zero attached hydrogens (tertiary/aromatic N) is 4. The number of nitriles is 1. The zero-order valence-corrected chi connectivity index (χ0v) is 38.9. The van der Waals surface area contributed by atoms with Crippen molar-refractivity contribution in [1.82, 2.24) is 9.13 Å². The minimum atomic E-state index is 0.427. The van der Waals surface area contributed by atoms with Gasteiger partial charge in [0.1, 0.15) is 6.07 Å². The molecule has 4 nitrogen and oxygen atoms in total. The van der Waals surface area contributed by atoms with Gasteiger partial charge in [-0.15, -0.1) is 34.0 Å². The molecule has 5 aromatic heterocycles. The third kappa shape index (κ3) is 5.19. The van der Waals surface area contributed by atoms with Crippen LogP contribution in [0.1, 0.15) is 5.56 Å². The molecule has 15 rings (SSSR count). The Balaban J connectivity index is 1.24. The topological polar surface area (TPSA) is 38.0 Å². The van der Waals surface area contributed by atoms with Gasteiger partial charge in [0, 0.05) is 83.8 Å².